The van der Waals surface area contributed by atoms with Crippen LogP contribution in [-0.4, -0.2) is 23.3 Å². The zero-order valence-electron chi connectivity index (χ0n) is 6.64. The van der Waals surface area contributed by atoms with Gasteiger partial charge >= 0.3 is 5.97 Å². The molecular weight excluding hydrogens is 187 g/mol. The highest BCUT2D eigenvalue weighted by molar-refractivity contribution is 6.29. The summed E-state index contributed by atoms with van der Waals surface area (Å²) in [6, 6.07) is 0. The van der Waals surface area contributed by atoms with Gasteiger partial charge in [-0.15, -0.1) is 23.2 Å². The lowest BCUT2D eigenvalue weighted by molar-refractivity contribution is -0.143. The monoisotopic (exact) mass is 198 g/mol. The van der Waals surface area contributed by atoms with E-state index in [0.29, 0.717) is 6.42 Å². The van der Waals surface area contributed by atoms with Crippen LogP contribution in [0.25, 0.3) is 0 Å². The quantitative estimate of drug-likeness (QED) is 0.512. The molecule has 0 bridgehead atoms. The number of ether oxygens (including phenoxy) is 1. The van der Waals surface area contributed by atoms with Crippen molar-refractivity contribution < 1.29 is 9.53 Å². The van der Waals surface area contributed by atoms with Crippen molar-refractivity contribution in [1.82, 2.24) is 0 Å². The van der Waals surface area contributed by atoms with Crippen LogP contribution in [0.4, 0.5) is 0 Å². The zero-order valence-corrected chi connectivity index (χ0v) is 8.15. The summed E-state index contributed by atoms with van der Waals surface area (Å²) in [5, 5.41) is -0.478. The van der Waals surface area contributed by atoms with Crippen molar-refractivity contribution in [3.05, 3.63) is 0 Å². The van der Waals surface area contributed by atoms with Gasteiger partial charge in [-0.05, 0) is 6.92 Å². The third-order valence-electron chi connectivity index (χ3n) is 1.19. The fourth-order valence-corrected chi connectivity index (χ4v) is 0.543. The van der Waals surface area contributed by atoms with Crippen LogP contribution in [0.5, 0.6) is 0 Å². The molecule has 0 spiro atoms. The third-order valence-corrected chi connectivity index (χ3v) is 2.13. The lowest BCUT2D eigenvalue weighted by Crippen LogP contribution is -2.20. The van der Waals surface area contributed by atoms with E-state index < -0.39 is 0 Å². The van der Waals surface area contributed by atoms with Crippen molar-refractivity contribution in [3.8, 4) is 0 Å². The summed E-state index contributed by atoms with van der Waals surface area (Å²) in [7, 11) is 0. The average Bonchev–Trinajstić information content (AvgIpc) is 1.99. The van der Waals surface area contributed by atoms with Gasteiger partial charge in [0.2, 0.25) is 0 Å². The van der Waals surface area contributed by atoms with E-state index in [1.165, 1.54) is 0 Å². The van der Waals surface area contributed by atoms with E-state index >= 15 is 0 Å². The van der Waals surface area contributed by atoms with E-state index in [0.717, 1.165) is 0 Å². The number of alkyl halides is 2. The Labute approximate surface area is 76.8 Å². The van der Waals surface area contributed by atoms with Gasteiger partial charge in [0, 0.05) is 6.42 Å². The van der Waals surface area contributed by atoms with Crippen LogP contribution in [0.15, 0.2) is 0 Å². The SMILES string of the molecule is CCC(=O)OCC(Cl)C(C)Cl. The number of carbonyl (C=O) groups is 1. The van der Waals surface area contributed by atoms with Crippen molar-refractivity contribution in [2.75, 3.05) is 6.61 Å². The van der Waals surface area contributed by atoms with Crippen molar-refractivity contribution in [2.24, 2.45) is 0 Å². The summed E-state index contributed by atoms with van der Waals surface area (Å²) in [5.41, 5.74) is 0. The van der Waals surface area contributed by atoms with E-state index in [4.69, 9.17) is 27.9 Å². The Morgan fingerprint density at radius 1 is 1.55 bits per heavy atom. The first-order chi connectivity index (χ1) is 5.07. The van der Waals surface area contributed by atoms with E-state index in [-0.39, 0.29) is 23.3 Å². The summed E-state index contributed by atoms with van der Waals surface area (Å²) in [4.78, 5) is 10.6. The molecule has 2 unspecified atom stereocenters. The molecule has 66 valence electrons. The molecule has 0 aliphatic carbocycles. The minimum atomic E-state index is -0.299. The summed E-state index contributed by atoms with van der Waals surface area (Å²) >= 11 is 11.3. The Morgan fingerprint density at radius 3 is 2.45 bits per heavy atom. The fraction of sp³-hybridized carbons (Fsp3) is 0.857. The topological polar surface area (TPSA) is 26.3 Å². The zero-order chi connectivity index (χ0) is 8.85. The highest BCUT2D eigenvalue weighted by Gasteiger charge is 2.13. The molecule has 0 aliphatic rings. The number of hydrogen-bond donors (Lipinski definition) is 0. The van der Waals surface area contributed by atoms with Crippen LogP contribution < -0.4 is 0 Å². The standard InChI is InChI=1S/C7H12Cl2O2/c1-3-7(10)11-4-6(9)5(2)8/h5-6H,3-4H2,1-2H3. The Morgan fingerprint density at radius 2 is 2.09 bits per heavy atom. The lowest BCUT2D eigenvalue weighted by atomic mass is 10.3. The van der Waals surface area contributed by atoms with Crippen LogP contribution in [0.3, 0.4) is 0 Å². The van der Waals surface area contributed by atoms with Crippen LogP contribution >= 0.6 is 23.2 Å². The normalized spacial score (nSPS) is 15.6. The summed E-state index contributed by atoms with van der Waals surface area (Å²) in [6.45, 7) is 3.69. The van der Waals surface area contributed by atoms with Gasteiger partial charge in [0.25, 0.3) is 0 Å². The van der Waals surface area contributed by atoms with Gasteiger partial charge in [-0.2, -0.15) is 0 Å². The van der Waals surface area contributed by atoms with Crippen molar-refractivity contribution in [3.63, 3.8) is 0 Å². The van der Waals surface area contributed by atoms with Crippen LogP contribution in [0.1, 0.15) is 20.3 Å². The van der Waals surface area contributed by atoms with Gasteiger partial charge in [0.05, 0.1) is 10.8 Å². The number of halogens is 2. The molecule has 0 fully saturated rings. The average molecular weight is 199 g/mol. The van der Waals surface area contributed by atoms with Gasteiger partial charge in [-0.25, -0.2) is 0 Å². The molecule has 4 heteroatoms. The minimum Gasteiger partial charge on any atom is -0.464 e. The Bertz CT molecular complexity index is 126. The molecule has 0 heterocycles. The molecule has 0 rings (SSSR count). The smallest absolute Gasteiger partial charge is 0.305 e. The maximum absolute atomic E-state index is 10.6. The largest absolute Gasteiger partial charge is 0.464 e. The molecular formula is C7H12Cl2O2. The lowest BCUT2D eigenvalue weighted by Gasteiger charge is -2.10. The maximum atomic E-state index is 10.6. The molecule has 0 radical (unpaired) electrons. The van der Waals surface area contributed by atoms with Crippen molar-refractivity contribution in [2.45, 2.75) is 31.0 Å². The molecule has 2 atom stereocenters. The number of rotatable bonds is 4. The molecule has 11 heavy (non-hydrogen) atoms. The molecule has 0 N–H and O–H groups in total. The second-order valence-electron chi connectivity index (χ2n) is 2.23. The first kappa shape index (κ1) is 11.1. The Hall–Kier alpha value is 0.0500. The van der Waals surface area contributed by atoms with E-state index in [1.807, 2.05) is 0 Å². The first-order valence-electron chi connectivity index (χ1n) is 3.51. The molecule has 0 saturated carbocycles. The Balaban J connectivity index is 3.45. The molecule has 2 nitrogen and oxygen atoms in total. The first-order valence-corrected chi connectivity index (χ1v) is 4.39. The summed E-state index contributed by atoms with van der Waals surface area (Å²) in [6.07, 6.45) is 0.375. The van der Waals surface area contributed by atoms with Crippen LogP contribution in [-0.2, 0) is 9.53 Å². The van der Waals surface area contributed by atoms with Crippen molar-refractivity contribution >= 4 is 29.2 Å². The summed E-state index contributed by atoms with van der Waals surface area (Å²) < 4.78 is 4.76. The highest BCUT2D eigenvalue weighted by atomic mass is 35.5. The maximum Gasteiger partial charge on any atom is 0.305 e. The molecule has 0 aromatic carbocycles. The van der Waals surface area contributed by atoms with Crippen LogP contribution in [0, 0.1) is 0 Å². The van der Waals surface area contributed by atoms with E-state index in [2.05, 4.69) is 0 Å². The number of esters is 1. The second kappa shape index (κ2) is 5.67. The van der Waals surface area contributed by atoms with Gasteiger partial charge in [0.1, 0.15) is 6.61 Å². The predicted octanol–water partition coefficient (Wildman–Crippen LogP) is 2.17. The molecule has 0 aromatic heterocycles. The number of carbonyl (C=O) groups excluding carboxylic acids is 1. The summed E-state index contributed by atoms with van der Waals surface area (Å²) in [5.74, 6) is -0.243. The number of hydrogen-bond acceptors (Lipinski definition) is 2. The molecule has 0 saturated heterocycles. The molecule has 0 amide bonds. The van der Waals surface area contributed by atoms with Gasteiger partial charge in [0.15, 0.2) is 0 Å². The third kappa shape index (κ3) is 5.33. The van der Waals surface area contributed by atoms with Gasteiger partial charge < -0.3 is 4.74 Å². The fourth-order valence-electron chi connectivity index (χ4n) is 0.407. The minimum absolute atomic E-state index is 0.179. The Kier molecular flexibility index (Phi) is 5.69. The highest BCUT2D eigenvalue weighted by Crippen LogP contribution is 2.09. The van der Waals surface area contributed by atoms with Crippen LogP contribution in [0.2, 0.25) is 0 Å². The molecule has 0 aromatic rings. The molecule has 0 aliphatic heterocycles. The second-order valence-corrected chi connectivity index (χ2v) is 3.48. The van der Waals surface area contributed by atoms with Gasteiger partial charge in [-0.3, -0.25) is 4.79 Å². The van der Waals surface area contributed by atoms with Crippen molar-refractivity contribution in [1.29, 1.82) is 0 Å². The predicted molar refractivity (Wildman–Crippen MR) is 46.2 cm³/mol. The van der Waals surface area contributed by atoms with E-state index in [9.17, 15) is 4.79 Å². The van der Waals surface area contributed by atoms with E-state index in [1.54, 1.807) is 13.8 Å². The van der Waals surface area contributed by atoms with Gasteiger partial charge in [-0.1, -0.05) is 6.92 Å².